The fourth-order valence-electron chi connectivity index (χ4n) is 2.37. The Morgan fingerprint density at radius 3 is 2.50 bits per heavy atom. The molecule has 2 aromatic carbocycles. The Hall–Kier alpha value is -3.05. The van der Waals surface area contributed by atoms with Crippen LogP contribution in [0.2, 0.25) is 0 Å². The number of nitrogens with zero attached hydrogens (tertiary/aromatic N) is 2. The number of likely N-dealkylation sites (N-methyl/N-ethyl adjacent to an activating group) is 1. The summed E-state index contributed by atoms with van der Waals surface area (Å²) in [5.41, 5.74) is 0.347. The number of sulfonamides is 1. The lowest BCUT2D eigenvalue weighted by Gasteiger charge is -2.17. The van der Waals surface area contributed by atoms with Gasteiger partial charge in [-0.2, -0.15) is 4.31 Å². The Labute approximate surface area is 161 Å². The Morgan fingerprint density at radius 1 is 1.25 bits per heavy atom. The number of halogens is 1. The smallest absolute Gasteiger partial charge is 0.293 e. The Kier molecular flexibility index (Phi) is 6.31. The van der Waals surface area contributed by atoms with E-state index in [0.717, 1.165) is 16.4 Å². The fraction of sp³-hybridized carbons (Fsp3) is 0.235. The van der Waals surface area contributed by atoms with Crippen molar-refractivity contribution in [2.24, 2.45) is 0 Å². The van der Waals surface area contributed by atoms with Crippen LogP contribution in [0.25, 0.3) is 0 Å². The van der Waals surface area contributed by atoms with E-state index in [4.69, 9.17) is 0 Å². The summed E-state index contributed by atoms with van der Waals surface area (Å²) in [6, 6.07) is 7.50. The van der Waals surface area contributed by atoms with Gasteiger partial charge in [0.1, 0.15) is 11.5 Å². The van der Waals surface area contributed by atoms with Crippen LogP contribution in [0.3, 0.4) is 0 Å². The summed E-state index contributed by atoms with van der Waals surface area (Å²) >= 11 is 0. The number of nitro benzene ring substituents is 1. The van der Waals surface area contributed by atoms with E-state index in [0.29, 0.717) is 5.56 Å². The first-order chi connectivity index (χ1) is 13.1. The molecule has 28 heavy (non-hydrogen) atoms. The Bertz CT molecular complexity index is 1030. The van der Waals surface area contributed by atoms with Crippen molar-refractivity contribution in [3.8, 4) is 0 Å². The summed E-state index contributed by atoms with van der Waals surface area (Å²) < 4.78 is 39.6. The van der Waals surface area contributed by atoms with Gasteiger partial charge in [-0.3, -0.25) is 14.9 Å². The summed E-state index contributed by atoms with van der Waals surface area (Å²) in [6.07, 6.45) is 0. The van der Waals surface area contributed by atoms with Crippen molar-refractivity contribution >= 4 is 33.0 Å². The third-order valence-corrected chi connectivity index (χ3v) is 5.76. The van der Waals surface area contributed by atoms with E-state index in [-0.39, 0.29) is 16.3 Å². The van der Waals surface area contributed by atoms with Crippen LogP contribution < -0.4 is 10.6 Å². The van der Waals surface area contributed by atoms with Gasteiger partial charge in [0.2, 0.25) is 15.9 Å². The third-order valence-electron chi connectivity index (χ3n) is 3.97. The number of hydrogen-bond acceptors (Lipinski definition) is 6. The molecule has 0 saturated heterocycles. The highest BCUT2D eigenvalue weighted by molar-refractivity contribution is 7.89. The number of rotatable bonds is 7. The number of amides is 1. The van der Waals surface area contributed by atoms with Crippen molar-refractivity contribution < 1.29 is 22.5 Å². The number of aryl methyl sites for hydroxylation is 1. The first kappa shape index (κ1) is 21.3. The summed E-state index contributed by atoms with van der Waals surface area (Å²) in [6.45, 7) is 1.01. The second kappa shape index (κ2) is 8.31. The predicted octanol–water partition coefficient (Wildman–Crippen LogP) is 2.34. The minimum atomic E-state index is -4.16. The molecule has 0 unspecified atom stereocenters. The molecule has 1 amide bonds. The van der Waals surface area contributed by atoms with Crippen LogP contribution in [0.15, 0.2) is 41.3 Å². The van der Waals surface area contributed by atoms with E-state index in [1.54, 1.807) is 6.92 Å². The highest BCUT2D eigenvalue weighted by atomic mass is 32.2. The number of nitro groups is 1. The van der Waals surface area contributed by atoms with Gasteiger partial charge >= 0.3 is 0 Å². The minimum absolute atomic E-state index is 0.158. The van der Waals surface area contributed by atoms with Gasteiger partial charge in [-0.05, 0) is 36.8 Å². The molecule has 0 radical (unpaired) electrons. The topological polar surface area (TPSA) is 122 Å². The van der Waals surface area contributed by atoms with E-state index in [9.17, 15) is 27.7 Å². The monoisotopic (exact) mass is 410 g/mol. The minimum Gasteiger partial charge on any atom is -0.383 e. The molecule has 150 valence electrons. The van der Waals surface area contributed by atoms with Crippen molar-refractivity contribution in [1.82, 2.24) is 4.31 Å². The van der Waals surface area contributed by atoms with E-state index >= 15 is 0 Å². The number of carbonyl (C=O) groups excluding carboxylic acids is 1. The molecule has 0 atom stereocenters. The van der Waals surface area contributed by atoms with Gasteiger partial charge in [-0.15, -0.1) is 0 Å². The van der Waals surface area contributed by atoms with Crippen molar-refractivity contribution in [3.63, 3.8) is 0 Å². The Balaban J connectivity index is 2.19. The van der Waals surface area contributed by atoms with Crippen LogP contribution in [-0.4, -0.2) is 44.2 Å². The average molecular weight is 410 g/mol. The number of carbonyl (C=O) groups is 1. The highest BCUT2D eigenvalue weighted by Gasteiger charge is 2.26. The number of hydrogen-bond donors (Lipinski definition) is 2. The van der Waals surface area contributed by atoms with Gasteiger partial charge in [0.15, 0.2) is 0 Å². The molecule has 9 nitrogen and oxygen atoms in total. The number of benzene rings is 2. The molecule has 2 N–H and O–H groups in total. The molecule has 0 saturated carbocycles. The fourth-order valence-corrected chi connectivity index (χ4v) is 3.52. The zero-order valence-electron chi connectivity index (χ0n) is 15.4. The molecule has 0 aliphatic heterocycles. The van der Waals surface area contributed by atoms with Gasteiger partial charge in [0.25, 0.3) is 5.69 Å². The molecule has 2 rings (SSSR count). The largest absolute Gasteiger partial charge is 0.383 e. The van der Waals surface area contributed by atoms with Crippen molar-refractivity contribution in [1.29, 1.82) is 0 Å². The predicted molar refractivity (Wildman–Crippen MR) is 102 cm³/mol. The van der Waals surface area contributed by atoms with E-state index < -0.39 is 38.9 Å². The summed E-state index contributed by atoms with van der Waals surface area (Å²) in [5.74, 6) is -1.19. The lowest BCUT2D eigenvalue weighted by atomic mass is 10.2. The molecule has 0 fully saturated rings. The zero-order chi connectivity index (χ0) is 21.1. The summed E-state index contributed by atoms with van der Waals surface area (Å²) in [4.78, 5) is 22.2. The number of nitrogens with one attached hydrogen (secondary N) is 2. The Morgan fingerprint density at radius 2 is 1.93 bits per heavy atom. The van der Waals surface area contributed by atoms with Crippen LogP contribution in [-0.2, 0) is 14.8 Å². The normalized spacial score (nSPS) is 11.3. The SMILES string of the molecule is CNc1ccc(S(=O)(=O)N(C)CC(=O)Nc2ccc(C)c(F)c2)cc1[N+](=O)[O-]. The molecule has 0 aromatic heterocycles. The number of anilines is 2. The maximum absolute atomic E-state index is 13.5. The standard InChI is InChI=1S/C17H19FN4O5S/c1-11-4-5-12(8-14(11)18)20-17(23)10-21(3)28(26,27)13-6-7-15(19-2)16(9-13)22(24)25/h4-9,19H,10H2,1-3H3,(H,20,23). The van der Waals surface area contributed by atoms with Gasteiger partial charge in [0, 0.05) is 25.8 Å². The first-order valence-electron chi connectivity index (χ1n) is 8.04. The first-order valence-corrected chi connectivity index (χ1v) is 9.49. The summed E-state index contributed by atoms with van der Waals surface area (Å²) in [5, 5.41) is 16.1. The molecular weight excluding hydrogens is 391 g/mol. The van der Waals surface area contributed by atoms with Crippen LogP contribution in [0, 0.1) is 22.9 Å². The molecule has 0 spiro atoms. The second-order valence-electron chi connectivity index (χ2n) is 5.96. The lowest BCUT2D eigenvalue weighted by Crippen LogP contribution is -2.35. The van der Waals surface area contributed by atoms with Gasteiger partial charge in [0.05, 0.1) is 16.4 Å². The highest BCUT2D eigenvalue weighted by Crippen LogP contribution is 2.28. The molecule has 0 heterocycles. The van der Waals surface area contributed by atoms with E-state index in [1.165, 1.54) is 38.4 Å². The quantitative estimate of drug-likeness (QED) is 0.534. The summed E-state index contributed by atoms with van der Waals surface area (Å²) in [7, 11) is -1.51. The van der Waals surface area contributed by atoms with E-state index in [1.807, 2.05) is 0 Å². The van der Waals surface area contributed by atoms with Gasteiger partial charge < -0.3 is 10.6 Å². The van der Waals surface area contributed by atoms with Crippen molar-refractivity contribution in [2.45, 2.75) is 11.8 Å². The lowest BCUT2D eigenvalue weighted by molar-refractivity contribution is -0.384. The molecule has 11 heteroatoms. The molecular formula is C17H19FN4O5S. The van der Waals surface area contributed by atoms with Gasteiger partial charge in [-0.25, -0.2) is 12.8 Å². The van der Waals surface area contributed by atoms with Gasteiger partial charge in [-0.1, -0.05) is 6.07 Å². The van der Waals surface area contributed by atoms with Crippen LogP contribution in [0.4, 0.5) is 21.5 Å². The maximum Gasteiger partial charge on any atom is 0.293 e. The molecule has 0 bridgehead atoms. The van der Waals surface area contributed by atoms with Crippen LogP contribution in [0.5, 0.6) is 0 Å². The van der Waals surface area contributed by atoms with Crippen molar-refractivity contribution in [2.75, 3.05) is 31.3 Å². The maximum atomic E-state index is 13.5. The van der Waals surface area contributed by atoms with E-state index in [2.05, 4.69) is 10.6 Å². The van der Waals surface area contributed by atoms with Crippen molar-refractivity contribution in [3.05, 3.63) is 57.9 Å². The third kappa shape index (κ3) is 4.61. The molecule has 0 aliphatic rings. The molecule has 0 aliphatic carbocycles. The average Bonchev–Trinajstić information content (AvgIpc) is 2.63. The second-order valence-corrected chi connectivity index (χ2v) is 8.00. The molecule has 2 aromatic rings. The zero-order valence-corrected chi connectivity index (χ0v) is 16.2. The van der Waals surface area contributed by atoms with Crippen LogP contribution >= 0.6 is 0 Å². The van der Waals surface area contributed by atoms with Crippen LogP contribution in [0.1, 0.15) is 5.56 Å².